The lowest BCUT2D eigenvalue weighted by atomic mass is 9.94. The summed E-state index contributed by atoms with van der Waals surface area (Å²) >= 11 is 7.27. The van der Waals surface area contributed by atoms with E-state index in [4.69, 9.17) is 0 Å². The predicted molar refractivity (Wildman–Crippen MR) is 78.3 cm³/mol. The van der Waals surface area contributed by atoms with Crippen molar-refractivity contribution >= 4 is 42.6 Å². The molecule has 0 unspecified atom stereocenters. The van der Waals surface area contributed by atoms with Crippen LogP contribution < -0.4 is 0 Å². The van der Waals surface area contributed by atoms with Crippen LogP contribution in [0.5, 0.6) is 0 Å². The molecule has 84 valence electrons. The Morgan fingerprint density at radius 1 is 0.688 bits per heavy atom. The first kappa shape index (κ1) is 12.1. The van der Waals surface area contributed by atoms with E-state index in [1.165, 1.54) is 42.0 Å². The lowest BCUT2D eigenvalue weighted by Gasteiger charge is -2.15. The number of hydrogen-bond acceptors (Lipinski definition) is 0. The van der Waals surface area contributed by atoms with E-state index in [-0.39, 0.29) is 0 Å². The van der Waals surface area contributed by atoms with E-state index in [0.717, 1.165) is 0 Å². The van der Waals surface area contributed by atoms with Crippen molar-refractivity contribution in [1.82, 2.24) is 0 Å². The molecule has 0 amide bonds. The van der Waals surface area contributed by atoms with E-state index in [0.29, 0.717) is 0 Å². The molecule has 0 bridgehead atoms. The molecule has 0 spiro atoms. The van der Waals surface area contributed by atoms with Gasteiger partial charge in [-0.1, -0.05) is 31.9 Å². The van der Waals surface area contributed by atoms with Crippen molar-refractivity contribution in [2.45, 2.75) is 27.7 Å². The molecule has 0 radical (unpaired) electrons. The van der Waals surface area contributed by atoms with Gasteiger partial charge < -0.3 is 0 Å². The first-order chi connectivity index (χ1) is 7.43. The highest BCUT2D eigenvalue weighted by Gasteiger charge is 2.11. The maximum Gasteiger partial charge on any atom is 0.0213 e. The summed E-state index contributed by atoms with van der Waals surface area (Å²) in [6.45, 7) is 8.69. The second-order valence-electron chi connectivity index (χ2n) is 4.35. The summed E-state index contributed by atoms with van der Waals surface area (Å²) in [5, 5.41) is 2.76. The Kier molecular flexibility index (Phi) is 3.15. The molecule has 0 saturated heterocycles. The second kappa shape index (κ2) is 4.15. The van der Waals surface area contributed by atoms with Crippen molar-refractivity contribution in [1.29, 1.82) is 0 Å². The van der Waals surface area contributed by atoms with Crippen LogP contribution in [-0.2, 0) is 0 Å². The summed E-state index contributed by atoms with van der Waals surface area (Å²) in [4.78, 5) is 0. The van der Waals surface area contributed by atoms with Gasteiger partial charge in [-0.3, -0.25) is 0 Å². The fourth-order valence-electron chi connectivity index (χ4n) is 2.34. The lowest BCUT2D eigenvalue weighted by Crippen LogP contribution is -1.92. The summed E-state index contributed by atoms with van der Waals surface area (Å²) in [6, 6.07) is 4.41. The topological polar surface area (TPSA) is 0 Å². The van der Waals surface area contributed by atoms with E-state index >= 15 is 0 Å². The van der Waals surface area contributed by atoms with Crippen molar-refractivity contribution in [2.24, 2.45) is 0 Å². The third kappa shape index (κ3) is 1.72. The minimum Gasteiger partial charge on any atom is -0.0505 e. The second-order valence-corrected chi connectivity index (χ2v) is 6.06. The van der Waals surface area contributed by atoms with E-state index < -0.39 is 0 Å². The number of aryl methyl sites for hydroxylation is 4. The van der Waals surface area contributed by atoms with Gasteiger partial charge in [0.05, 0.1) is 0 Å². The Bertz CT molecular complexity index is 530. The average molecular weight is 342 g/mol. The number of halogens is 2. The van der Waals surface area contributed by atoms with Crippen LogP contribution in [0.2, 0.25) is 0 Å². The van der Waals surface area contributed by atoms with Crippen LogP contribution in [0.3, 0.4) is 0 Å². The molecule has 0 aliphatic carbocycles. The van der Waals surface area contributed by atoms with Crippen LogP contribution in [0.15, 0.2) is 21.1 Å². The molecule has 0 aromatic heterocycles. The molecule has 2 rings (SSSR count). The summed E-state index contributed by atoms with van der Waals surface area (Å²) in [7, 11) is 0. The van der Waals surface area contributed by atoms with Gasteiger partial charge in [-0.15, -0.1) is 0 Å². The van der Waals surface area contributed by atoms with Crippen molar-refractivity contribution in [2.75, 3.05) is 0 Å². The van der Waals surface area contributed by atoms with Crippen molar-refractivity contribution in [3.8, 4) is 0 Å². The molecule has 0 aliphatic heterocycles. The Morgan fingerprint density at radius 2 is 1.00 bits per heavy atom. The molecule has 0 heterocycles. The summed E-state index contributed by atoms with van der Waals surface area (Å²) < 4.78 is 2.39. The van der Waals surface area contributed by atoms with Crippen molar-refractivity contribution in [3.05, 3.63) is 43.3 Å². The minimum atomic E-state index is 1.20. The first-order valence-corrected chi connectivity index (χ1v) is 6.87. The van der Waals surface area contributed by atoms with Crippen LogP contribution in [-0.4, -0.2) is 0 Å². The Hall–Kier alpha value is -0.340. The molecule has 0 aliphatic rings. The van der Waals surface area contributed by atoms with Gasteiger partial charge in [0.1, 0.15) is 0 Å². The monoisotopic (exact) mass is 340 g/mol. The van der Waals surface area contributed by atoms with Crippen LogP contribution in [0.4, 0.5) is 0 Å². The molecule has 0 N–H and O–H groups in total. The van der Waals surface area contributed by atoms with E-state index in [2.05, 4.69) is 71.7 Å². The van der Waals surface area contributed by atoms with Crippen molar-refractivity contribution in [3.63, 3.8) is 0 Å². The van der Waals surface area contributed by atoms with E-state index in [1.807, 2.05) is 0 Å². The average Bonchev–Trinajstić information content (AvgIpc) is 2.20. The number of hydrogen-bond donors (Lipinski definition) is 0. The van der Waals surface area contributed by atoms with E-state index in [1.54, 1.807) is 0 Å². The maximum absolute atomic E-state index is 3.63. The van der Waals surface area contributed by atoms with Crippen LogP contribution in [0, 0.1) is 27.7 Å². The molecule has 0 atom stereocenters. The molecule has 16 heavy (non-hydrogen) atoms. The number of fused-ring (bicyclic) bond motifs is 1. The number of benzene rings is 2. The maximum atomic E-state index is 3.63. The van der Waals surface area contributed by atoms with Gasteiger partial charge in [-0.05, 0) is 72.9 Å². The van der Waals surface area contributed by atoms with Gasteiger partial charge in [-0.2, -0.15) is 0 Å². The molecular weight excluding hydrogens is 328 g/mol. The summed E-state index contributed by atoms with van der Waals surface area (Å²) in [5.41, 5.74) is 5.31. The van der Waals surface area contributed by atoms with Gasteiger partial charge in [-0.25, -0.2) is 0 Å². The normalized spacial score (nSPS) is 11.1. The Morgan fingerprint density at radius 3 is 1.31 bits per heavy atom. The van der Waals surface area contributed by atoms with Crippen LogP contribution in [0.1, 0.15) is 22.3 Å². The molecule has 2 aromatic carbocycles. The zero-order valence-electron chi connectivity index (χ0n) is 9.91. The van der Waals surface area contributed by atoms with Gasteiger partial charge in [0.2, 0.25) is 0 Å². The highest BCUT2D eigenvalue weighted by molar-refractivity contribution is 9.10. The fourth-order valence-corrected chi connectivity index (χ4v) is 3.42. The molecule has 2 aromatic rings. The molecule has 0 fully saturated rings. The minimum absolute atomic E-state index is 1.20. The molecule has 0 saturated carbocycles. The number of rotatable bonds is 0. The smallest absolute Gasteiger partial charge is 0.0213 e. The largest absolute Gasteiger partial charge is 0.0505 e. The summed E-state index contributed by atoms with van der Waals surface area (Å²) in [6.07, 6.45) is 0. The first-order valence-electron chi connectivity index (χ1n) is 5.28. The zero-order valence-corrected chi connectivity index (χ0v) is 13.1. The Labute approximate surface area is 113 Å². The van der Waals surface area contributed by atoms with Crippen LogP contribution >= 0.6 is 31.9 Å². The molecule has 2 heteroatoms. The molecular formula is C14H14Br2. The third-order valence-corrected chi connectivity index (χ3v) is 4.84. The lowest BCUT2D eigenvalue weighted by molar-refractivity contribution is 1.35. The third-order valence-electron chi connectivity index (χ3n) is 3.19. The Balaban J connectivity index is 3.11. The van der Waals surface area contributed by atoms with Gasteiger partial charge >= 0.3 is 0 Å². The van der Waals surface area contributed by atoms with Gasteiger partial charge in [0.25, 0.3) is 0 Å². The fraction of sp³-hybridized carbons (Fsp3) is 0.286. The quantitative estimate of drug-likeness (QED) is 0.585. The van der Waals surface area contributed by atoms with Crippen molar-refractivity contribution < 1.29 is 0 Å². The van der Waals surface area contributed by atoms with E-state index in [9.17, 15) is 0 Å². The SMILES string of the molecule is Cc1cc(Br)c(C)c2c(C)cc(Br)c(C)c12. The van der Waals surface area contributed by atoms with Gasteiger partial charge in [0, 0.05) is 8.95 Å². The summed E-state index contributed by atoms with van der Waals surface area (Å²) in [5.74, 6) is 0. The van der Waals surface area contributed by atoms with Crippen LogP contribution in [0.25, 0.3) is 10.8 Å². The standard InChI is InChI=1S/C14H14Br2/c1-7-5-11(15)10(4)14-8(2)6-12(16)9(3)13(7)14/h5-6H,1-4H3. The highest BCUT2D eigenvalue weighted by atomic mass is 79.9. The zero-order chi connectivity index (χ0) is 12.0. The predicted octanol–water partition coefficient (Wildman–Crippen LogP) is 5.60. The highest BCUT2D eigenvalue weighted by Crippen LogP contribution is 2.36. The molecule has 0 nitrogen and oxygen atoms in total. The van der Waals surface area contributed by atoms with Gasteiger partial charge in [0.15, 0.2) is 0 Å².